The standard InChI is InChI=1S/C23H23ClN6O.ClH/c24-19-9-5-17(6-10-19)14-29-15-22(27-28-29)18-7-3-16(4-8-18)12-21(26)23(31)30-11-1-2-20(30)13-25;/h3-10,15,20-21H,1-2,11-12,14,26H2;1H/t20-,21-;/m0./s1. The molecule has 1 aromatic heterocycles. The fraction of sp³-hybridized carbons (Fsp3) is 0.304. The van der Waals surface area contributed by atoms with Gasteiger partial charge in [-0.2, -0.15) is 5.26 Å². The molecular formula is C23H24Cl2N6O. The smallest absolute Gasteiger partial charge is 0.240 e. The molecule has 0 saturated carbocycles. The van der Waals surface area contributed by atoms with Crippen molar-refractivity contribution in [2.75, 3.05) is 6.54 Å². The van der Waals surface area contributed by atoms with Crippen LogP contribution in [0.3, 0.4) is 0 Å². The van der Waals surface area contributed by atoms with Gasteiger partial charge in [-0.05, 0) is 42.5 Å². The predicted octanol–water partition coefficient (Wildman–Crippen LogP) is 3.45. The Morgan fingerprint density at radius 3 is 2.56 bits per heavy atom. The van der Waals surface area contributed by atoms with Crippen LogP contribution in [0.1, 0.15) is 24.0 Å². The number of aromatic nitrogens is 3. The van der Waals surface area contributed by atoms with E-state index in [1.54, 1.807) is 9.58 Å². The number of carbonyl (C=O) groups is 1. The minimum atomic E-state index is -0.653. The van der Waals surface area contributed by atoms with E-state index < -0.39 is 6.04 Å². The molecule has 32 heavy (non-hydrogen) atoms. The Kier molecular flexibility index (Phi) is 7.86. The highest BCUT2D eigenvalue weighted by molar-refractivity contribution is 6.30. The van der Waals surface area contributed by atoms with Crippen molar-refractivity contribution in [1.82, 2.24) is 19.9 Å². The summed E-state index contributed by atoms with van der Waals surface area (Å²) in [5, 5.41) is 18.4. The maximum atomic E-state index is 12.6. The summed E-state index contributed by atoms with van der Waals surface area (Å²) in [4.78, 5) is 14.2. The van der Waals surface area contributed by atoms with Crippen molar-refractivity contribution in [1.29, 1.82) is 5.26 Å². The first kappa shape index (κ1) is 23.7. The molecule has 0 bridgehead atoms. The summed E-state index contributed by atoms with van der Waals surface area (Å²) in [6.07, 6.45) is 3.90. The van der Waals surface area contributed by atoms with Crippen LogP contribution in [0.2, 0.25) is 5.02 Å². The Balaban J connectivity index is 0.00000289. The summed E-state index contributed by atoms with van der Waals surface area (Å²) in [6.45, 7) is 1.22. The minimum Gasteiger partial charge on any atom is -0.325 e. The summed E-state index contributed by atoms with van der Waals surface area (Å²) < 4.78 is 1.78. The van der Waals surface area contributed by atoms with Gasteiger partial charge in [-0.15, -0.1) is 17.5 Å². The fourth-order valence-electron chi connectivity index (χ4n) is 3.82. The SMILES string of the molecule is Cl.N#C[C@@H]1CCCN1C(=O)[C@@H](N)Cc1ccc(-c2cn(Cc3ccc(Cl)cc3)nn2)cc1. The second-order valence-corrected chi connectivity index (χ2v) is 8.19. The summed E-state index contributed by atoms with van der Waals surface area (Å²) in [7, 11) is 0. The summed E-state index contributed by atoms with van der Waals surface area (Å²) in [5.41, 5.74) is 9.91. The molecule has 2 aromatic carbocycles. The van der Waals surface area contributed by atoms with Gasteiger partial charge in [0.2, 0.25) is 5.91 Å². The van der Waals surface area contributed by atoms with Crippen molar-refractivity contribution >= 4 is 29.9 Å². The molecule has 1 aliphatic rings. The Labute approximate surface area is 198 Å². The third kappa shape index (κ3) is 5.46. The number of nitriles is 1. The predicted molar refractivity (Wildman–Crippen MR) is 125 cm³/mol. The van der Waals surface area contributed by atoms with Crippen molar-refractivity contribution < 1.29 is 4.79 Å². The lowest BCUT2D eigenvalue weighted by molar-refractivity contribution is -0.132. The molecule has 0 spiro atoms. The number of rotatable bonds is 6. The van der Waals surface area contributed by atoms with Crippen LogP contribution in [-0.2, 0) is 17.8 Å². The Morgan fingerprint density at radius 2 is 1.88 bits per heavy atom. The van der Waals surface area contributed by atoms with Crippen LogP contribution in [0.5, 0.6) is 0 Å². The van der Waals surface area contributed by atoms with Crippen LogP contribution in [0.15, 0.2) is 54.7 Å². The first-order valence-corrected chi connectivity index (χ1v) is 10.6. The van der Waals surface area contributed by atoms with E-state index in [0.717, 1.165) is 35.2 Å². The normalized spacial score (nSPS) is 16.3. The van der Waals surface area contributed by atoms with E-state index in [4.69, 9.17) is 17.3 Å². The second kappa shape index (κ2) is 10.6. The number of nitrogens with two attached hydrogens (primary N) is 1. The number of carbonyl (C=O) groups excluding carboxylic acids is 1. The van der Waals surface area contributed by atoms with Gasteiger partial charge >= 0.3 is 0 Å². The molecule has 2 atom stereocenters. The summed E-state index contributed by atoms with van der Waals surface area (Å²) in [5.74, 6) is -0.154. The van der Waals surface area contributed by atoms with Crippen LogP contribution in [0, 0.1) is 11.3 Å². The Bertz CT molecular complexity index is 1090. The molecule has 2 heterocycles. The zero-order valence-electron chi connectivity index (χ0n) is 17.4. The third-order valence-corrected chi connectivity index (χ3v) is 5.76. The number of hydrogen-bond donors (Lipinski definition) is 1. The molecule has 1 amide bonds. The van der Waals surface area contributed by atoms with E-state index in [1.165, 1.54) is 0 Å². The lowest BCUT2D eigenvalue weighted by Crippen LogP contribution is -2.46. The number of halogens is 2. The van der Waals surface area contributed by atoms with Gasteiger partial charge in [-0.3, -0.25) is 4.79 Å². The van der Waals surface area contributed by atoms with Gasteiger partial charge in [0.15, 0.2) is 0 Å². The first-order chi connectivity index (χ1) is 15.0. The lowest BCUT2D eigenvalue weighted by atomic mass is 10.0. The first-order valence-electron chi connectivity index (χ1n) is 10.2. The number of nitrogens with zero attached hydrogens (tertiary/aromatic N) is 5. The maximum absolute atomic E-state index is 12.6. The average molecular weight is 471 g/mol. The Morgan fingerprint density at radius 1 is 1.19 bits per heavy atom. The fourth-order valence-corrected chi connectivity index (χ4v) is 3.94. The van der Waals surface area contributed by atoms with E-state index in [0.29, 0.717) is 24.5 Å². The highest BCUT2D eigenvalue weighted by Crippen LogP contribution is 2.20. The molecule has 3 aromatic rings. The zero-order chi connectivity index (χ0) is 21.8. The molecule has 166 valence electrons. The molecule has 0 unspecified atom stereocenters. The number of hydrogen-bond acceptors (Lipinski definition) is 5. The molecule has 1 aliphatic heterocycles. The topological polar surface area (TPSA) is 101 Å². The van der Waals surface area contributed by atoms with Gasteiger partial charge in [0, 0.05) is 17.1 Å². The van der Waals surface area contributed by atoms with Crippen LogP contribution in [0.25, 0.3) is 11.3 Å². The molecule has 0 radical (unpaired) electrons. The molecule has 4 rings (SSSR count). The van der Waals surface area contributed by atoms with Crippen molar-refractivity contribution in [2.45, 2.75) is 37.9 Å². The molecule has 1 saturated heterocycles. The molecular weight excluding hydrogens is 447 g/mol. The van der Waals surface area contributed by atoms with Gasteiger partial charge in [0.25, 0.3) is 0 Å². The van der Waals surface area contributed by atoms with Gasteiger partial charge in [0.1, 0.15) is 11.7 Å². The van der Waals surface area contributed by atoms with E-state index in [9.17, 15) is 10.1 Å². The van der Waals surface area contributed by atoms with Crippen molar-refractivity contribution in [2.24, 2.45) is 5.73 Å². The minimum absolute atomic E-state index is 0. The molecule has 9 heteroatoms. The monoisotopic (exact) mass is 470 g/mol. The van der Waals surface area contributed by atoms with Gasteiger partial charge in [0.05, 0.1) is 24.9 Å². The number of likely N-dealkylation sites (tertiary alicyclic amines) is 1. The molecule has 7 nitrogen and oxygen atoms in total. The van der Waals surface area contributed by atoms with Gasteiger partial charge in [-0.25, -0.2) is 4.68 Å². The maximum Gasteiger partial charge on any atom is 0.240 e. The summed E-state index contributed by atoms with van der Waals surface area (Å²) >= 11 is 5.93. The van der Waals surface area contributed by atoms with E-state index in [1.807, 2.05) is 54.7 Å². The van der Waals surface area contributed by atoms with Crippen molar-refractivity contribution in [3.63, 3.8) is 0 Å². The number of amides is 1. The van der Waals surface area contributed by atoms with Crippen molar-refractivity contribution in [3.05, 3.63) is 70.9 Å². The summed E-state index contributed by atoms with van der Waals surface area (Å²) in [6, 6.07) is 16.6. The second-order valence-electron chi connectivity index (χ2n) is 7.75. The average Bonchev–Trinajstić information content (AvgIpc) is 3.45. The third-order valence-electron chi connectivity index (χ3n) is 5.50. The largest absolute Gasteiger partial charge is 0.325 e. The number of benzene rings is 2. The van der Waals surface area contributed by atoms with Crippen LogP contribution >= 0.6 is 24.0 Å². The highest BCUT2D eigenvalue weighted by atomic mass is 35.5. The highest BCUT2D eigenvalue weighted by Gasteiger charge is 2.31. The molecule has 2 N–H and O–H groups in total. The van der Waals surface area contributed by atoms with Crippen molar-refractivity contribution in [3.8, 4) is 17.3 Å². The van der Waals surface area contributed by atoms with Gasteiger partial charge in [-0.1, -0.05) is 53.2 Å². The molecule has 1 fully saturated rings. The lowest BCUT2D eigenvalue weighted by Gasteiger charge is -2.23. The Hall–Kier alpha value is -2.92. The molecule has 0 aliphatic carbocycles. The quantitative estimate of drug-likeness (QED) is 0.594. The van der Waals surface area contributed by atoms with Crippen LogP contribution in [0.4, 0.5) is 0 Å². The van der Waals surface area contributed by atoms with E-state index in [2.05, 4.69) is 16.4 Å². The van der Waals surface area contributed by atoms with Gasteiger partial charge < -0.3 is 10.6 Å². The van der Waals surface area contributed by atoms with E-state index >= 15 is 0 Å². The van der Waals surface area contributed by atoms with Crippen LogP contribution < -0.4 is 5.73 Å². The zero-order valence-corrected chi connectivity index (χ0v) is 19.0. The van der Waals surface area contributed by atoms with Crippen LogP contribution in [-0.4, -0.2) is 44.4 Å². The van der Waals surface area contributed by atoms with E-state index in [-0.39, 0.29) is 24.4 Å².